The third kappa shape index (κ3) is 2.68. The van der Waals surface area contributed by atoms with Gasteiger partial charge in [-0.3, -0.25) is 4.57 Å². The zero-order valence-electron chi connectivity index (χ0n) is 17.3. The van der Waals surface area contributed by atoms with E-state index in [0.717, 1.165) is 57.7 Å². The van der Waals surface area contributed by atoms with Gasteiger partial charge in [0, 0.05) is 24.0 Å². The van der Waals surface area contributed by atoms with Crippen LogP contribution in [0.2, 0.25) is 0 Å². The number of nitrogens with zero attached hydrogens (tertiary/aromatic N) is 5. The van der Waals surface area contributed by atoms with Gasteiger partial charge in [-0.1, -0.05) is 6.07 Å². The SMILES string of the molecule is Cc1ccc(O)c(C)c1-n1c2nc(C)c(N3CCOCC3)cc2c2c(N)ncnc21. The third-order valence-corrected chi connectivity index (χ3v) is 5.90. The van der Waals surface area contributed by atoms with Crippen molar-refractivity contribution in [2.75, 3.05) is 36.9 Å². The molecule has 1 fully saturated rings. The van der Waals surface area contributed by atoms with Gasteiger partial charge in [0.05, 0.1) is 35.7 Å². The second-order valence-corrected chi connectivity index (χ2v) is 7.73. The van der Waals surface area contributed by atoms with E-state index in [4.69, 9.17) is 15.5 Å². The Morgan fingerprint density at radius 3 is 2.60 bits per heavy atom. The number of anilines is 2. The molecule has 1 aliphatic rings. The van der Waals surface area contributed by atoms with Gasteiger partial charge in [0.2, 0.25) is 0 Å². The molecule has 0 amide bonds. The van der Waals surface area contributed by atoms with Gasteiger partial charge in [0.1, 0.15) is 23.5 Å². The zero-order chi connectivity index (χ0) is 21.0. The predicted octanol–water partition coefficient (Wildman–Crippen LogP) is 3.02. The predicted molar refractivity (Wildman–Crippen MR) is 117 cm³/mol. The summed E-state index contributed by atoms with van der Waals surface area (Å²) in [6.45, 7) is 8.97. The van der Waals surface area contributed by atoms with E-state index in [0.29, 0.717) is 24.7 Å². The van der Waals surface area contributed by atoms with Crippen LogP contribution in [0.3, 0.4) is 0 Å². The Hall–Kier alpha value is -3.39. The summed E-state index contributed by atoms with van der Waals surface area (Å²) in [6.07, 6.45) is 1.47. The van der Waals surface area contributed by atoms with Crippen molar-refractivity contribution in [1.82, 2.24) is 19.5 Å². The van der Waals surface area contributed by atoms with Gasteiger partial charge in [-0.05, 0) is 38.5 Å². The fourth-order valence-corrected chi connectivity index (χ4v) is 4.36. The monoisotopic (exact) mass is 404 g/mol. The van der Waals surface area contributed by atoms with E-state index in [1.807, 2.05) is 31.4 Å². The number of nitrogens with two attached hydrogens (primary N) is 1. The van der Waals surface area contributed by atoms with E-state index in [9.17, 15) is 5.11 Å². The maximum absolute atomic E-state index is 10.4. The summed E-state index contributed by atoms with van der Waals surface area (Å²) in [6, 6.07) is 5.74. The summed E-state index contributed by atoms with van der Waals surface area (Å²) >= 11 is 0. The Morgan fingerprint density at radius 2 is 1.83 bits per heavy atom. The average Bonchev–Trinajstić information content (AvgIpc) is 3.05. The van der Waals surface area contributed by atoms with Crippen molar-refractivity contribution in [3.63, 3.8) is 0 Å². The number of phenols is 1. The van der Waals surface area contributed by atoms with Crippen molar-refractivity contribution in [2.24, 2.45) is 0 Å². The van der Waals surface area contributed by atoms with Gasteiger partial charge >= 0.3 is 0 Å². The molecule has 0 radical (unpaired) electrons. The van der Waals surface area contributed by atoms with Crippen LogP contribution in [0.1, 0.15) is 16.8 Å². The summed E-state index contributed by atoms with van der Waals surface area (Å²) in [5.74, 6) is 0.645. The highest BCUT2D eigenvalue weighted by Gasteiger charge is 2.23. The van der Waals surface area contributed by atoms with E-state index in [1.54, 1.807) is 6.07 Å². The van der Waals surface area contributed by atoms with Crippen LogP contribution in [0, 0.1) is 20.8 Å². The minimum Gasteiger partial charge on any atom is -0.508 e. The minimum absolute atomic E-state index is 0.231. The van der Waals surface area contributed by atoms with E-state index in [2.05, 4.69) is 20.9 Å². The highest BCUT2D eigenvalue weighted by Crippen LogP contribution is 2.38. The molecule has 1 aromatic carbocycles. The van der Waals surface area contributed by atoms with Crippen molar-refractivity contribution < 1.29 is 9.84 Å². The fourth-order valence-electron chi connectivity index (χ4n) is 4.36. The number of ether oxygens (including phenoxy) is 1. The number of hydrogen-bond acceptors (Lipinski definition) is 7. The molecule has 5 rings (SSSR count). The number of aryl methyl sites for hydroxylation is 2. The maximum atomic E-state index is 10.4. The first kappa shape index (κ1) is 18.6. The van der Waals surface area contributed by atoms with Gasteiger partial charge in [-0.25, -0.2) is 15.0 Å². The number of rotatable bonds is 2. The Labute approximate surface area is 173 Å². The number of hydrogen-bond donors (Lipinski definition) is 2. The van der Waals surface area contributed by atoms with Crippen LogP contribution in [0.4, 0.5) is 11.5 Å². The number of pyridine rings is 1. The molecule has 8 nitrogen and oxygen atoms in total. The molecular formula is C22H24N6O2. The Bertz CT molecular complexity index is 1290. The topological polar surface area (TPSA) is 102 Å². The lowest BCUT2D eigenvalue weighted by Crippen LogP contribution is -2.36. The van der Waals surface area contributed by atoms with Gasteiger partial charge in [0.15, 0.2) is 5.65 Å². The highest BCUT2D eigenvalue weighted by atomic mass is 16.5. The summed E-state index contributed by atoms with van der Waals surface area (Å²) in [4.78, 5) is 16.1. The lowest BCUT2D eigenvalue weighted by Gasteiger charge is -2.29. The number of aromatic nitrogens is 4. The molecule has 0 unspecified atom stereocenters. The van der Waals surface area contributed by atoms with E-state index in [-0.39, 0.29) is 5.75 Å². The minimum atomic E-state index is 0.231. The number of fused-ring (bicyclic) bond motifs is 3. The molecule has 4 aromatic rings. The molecule has 3 aromatic heterocycles. The Kier molecular flexibility index (Phi) is 4.25. The lowest BCUT2D eigenvalue weighted by molar-refractivity contribution is 0.122. The molecule has 0 spiro atoms. The zero-order valence-corrected chi connectivity index (χ0v) is 17.3. The lowest BCUT2D eigenvalue weighted by atomic mass is 10.1. The summed E-state index contributed by atoms with van der Waals surface area (Å²) in [5.41, 5.74) is 12.4. The van der Waals surface area contributed by atoms with Crippen LogP contribution >= 0.6 is 0 Å². The number of morpholine rings is 1. The van der Waals surface area contributed by atoms with Crippen molar-refractivity contribution in [2.45, 2.75) is 20.8 Å². The highest BCUT2D eigenvalue weighted by molar-refractivity contribution is 6.12. The van der Waals surface area contributed by atoms with Crippen LogP contribution in [-0.4, -0.2) is 50.9 Å². The standard InChI is InChI=1S/C22H24N6O2/c1-12-4-5-17(29)13(2)19(12)28-21-15(18-20(23)24-11-25-22(18)28)10-16(14(3)26-21)27-6-8-30-9-7-27/h4-5,10-11,29H,6-9H2,1-3H3,(H2,23,24,25). The number of aromatic hydroxyl groups is 1. The second kappa shape index (κ2) is 6.84. The molecule has 0 bridgehead atoms. The molecule has 8 heteroatoms. The summed E-state index contributed by atoms with van der Waals surface area (Å²) < 4.78 is 7.50. The molecule has 0 saturated carbocycles. The van der Waals surface area contributed by atoms with Gasteiger partial charge in [-0.2, -0.15) is 0 Å². The molecule has 4 heterocycles. The van der Waals surface area contributed by atoms with Crippen LogP contribution in [-0.2, 0) is 4.74 Å². The largest absolute Gasteiger partial charge is 0.508 e. The van der Waals surface area contributed by atoms with Crippen LogP contribution in [0.5, 0.6) is 5.75 Å². The van der Waals surface area contributed by atoms with E-state index >= 15 is 0 Å². The van der Waals surface area contributed by atoms with Gasteiger partial charge in [0.25, 0.3) is 0 Å². The first-order valence-electron chi connectivity index (χ1n) is 10.0. The average molecular weight is 404 g/mol. The van der Waals surface area contributed by atoms with Gasteiger partial charge < -0.3 is 20.5 Å². The van der Waals surface area contributed by atoms with Crippen molar-refractivity contribution in [3.05, 3.63) is 41.3 Å². The van der Waals surface area contributed by atoms with E-state index in [1.165, 1.54) is 6.33 Å². The van der Waals surface area contributed by atoms with Crippen molar-refractivity contribution in [1.29, 1.82) is 0 Å². The third-order valence-electron chi connectivity index (χ3n) is 5.90. The van der Waals surface area contributed by atoms with Crippen LogP contribution in [0.25, 0.3) is 27.8 Å². The molecular weight excluding hydrogens is 380 g/mol. The van der Waals surface area contributed by atoms with Crippen LogP contribution < -0.4 is 10.6 Å². The number of benzene rings is 1. The second-order valence-electron chi connectivity index (χ2n) is 7.73. The van der Waals surface area contributed by atoms with E-state index < -0.39 is 0 Å². The van der Waals surface area contributed by atoms with Gasteiger partial charge in [-0.15, -0.1) is 0 Å². The molecule has 3 N–H and O–H groups in total. The van der Waals surface area contributed by atoms with Crippen LogP contribution in [0.15, 0.2) is 24.5 Å². The summed E-state index contributed by atoms with van der Waals surface area (Å²) in [5, 5.41) is 12.1. The van der Waals surface area contributed by atoms with Crippen molar-refractivity contribution >= 4 is 33.6 Å². The normalized spacial score (nSPS) is 14.7. The molecule has 30 heavy (non-hydrogen) atoms. The molecule has 1 aliphatic heterocycles. The fraction of sp³-hybridized carbons (Fsp3) is 0.318. The molecule has 0 aliphatic carbocycles. The Balaban J connectivity index is 1.89. The number of phenolic OH excluding ortho intramolecular Hbond substituents is 1. The quantitative estimate of drug-likeness (QED) is 0.529. The molecule has 154 valence electrons. The smallest absolute Gasteiger partial charge is 0.152 e. The first-order chi connectivity index (χ1) is 14.5. The Morgan fingerprint density at radius 1 is 1.07 bits per heavy atom. The summed E-state index contributed by atoms with van der Waals surface area (Å²) in [7, 11) is 0. The molecule has 0 atom stereocenters. The first-order valence-corrected chi connectivity index (χ1v) is 10.0. The molecule has 1 saturated heterocycles. The number of nitrogen functional groups attached to an aromatic ring is 1. The maximum Gasteiger partial charge on any atom is 0.152 e. The van der Waals surface area contributed by atoms with Crippen molar-refractivity contribution in [3.8, 4) is 11.4 Å².